The van der Waals surface area contributed by atoms with Crippen molar-refractivity contribution in [3.63, 3.8) is 0 Å². The number of aliphatic hydroxyl groups is 1. The van der Waals surface area contributed by atoms with Gasteiger partial charge in [-0.2, -0.15) is 0 Å². The van der Waals surface area contributed by atoms with Gasteiger partial charge >= 0.3 is 5.97 Å². The fourth-order valence-corrected chi connectivity index (χ4v) is 0.751. The highest BCUT2D eigenvalue weighted by Crippen LogP contribution is 1.92. The molecule has 0 aliphatic carbocycles. The van der Waals surface area contributed by atoms with E-state index in [1.807, 2.05) is 0 Å². The van der Waals surface area contributed by atoms with E-state index in [4.69, 9.17) is 10.2 Å². The van der Waals surface area contributed by atoms with Crippen molar-refractivity contribution in [3.05, 3.63) is 12.2 Å². The van der Waals surface area contributed by atoms with E-state index in [9.17, 15) is 4.79 Å². The van der Waals surface area contributed by atoms with Gasteiger partial charge in [-0.25, -0.2) is 14.5 Å². The minimum Gasteiger partial charge on any atom is -0.475 e. The van der Waals surface area contributed by atoms with Crippen LogP contribution in [0.3, 0.4) is 0 Å². The molecule has 0 fully saturated rings. The summed E-state index contributed by atoms with van der Waals surface area (Å²) >= 11 is 0. The molecule has 6 nitrogen and oxygen atoms in total. The number of carboxylic acid groups (broad SMARTS) is 1. The third kappa shape index (κ3) is 2.03. The average molecular weight is 171 g/mol. The van der Waals surface area contributed by atoms with E-state index in [1.54, 1.807) is 6.92 Å². The molecule has 1 aromatic rings. The maximum atomic E-state index is 10.3. The molecule has 2 N–H and O–H groups in total. The largest absolute Gasteiger partial charge is 0.475 e. The number of nitrogens with zero attached hydrogens (tertiary/aromatic N) is 3. The molecule has 0 amide bonds. The van der Waals surface area contributed by atoms with Crippen molar-refractivity contribution in [2.24, 2.45) is 0 Å². The Labute approximate surface area is 68.5 Å². The van der Waals surface area contributed by atoms with Gasteiger partial charge in [0, 0.05) is 0 Å². The second-order valence-corrected chi connectivity index (χ2v) is 2.44. The lowest BCUT2D eigenvalue weighted by Gasteiger charge is -2.01. The van der Waals surface area contributed by atoms with E-state index in [-0.39, 0.29) is 12.4 Å². The summed E-state index contributed by atoms with van der Waals surface area (Å²) < 4.78 is 1.29. The van der Waals surface area contributed by atoms with Crippen LogP contribution < -0.4 is 0 Å². The number of aliphatic hydroxyl groups excluding tert-OH is 1. The Morgan fingerprint density at radius 2 is 2.50 bits per heavy atom. The molecule has 1 rings (SSSR count). The van der Waals surface area contributed by atoms with Crippen molar-refractivity contribution >= 4 is 5.97 Å². The second-order valence-electron chi connectivity index (χ2n) is 2.44. The molecular weight excluding hydrogens is 162 g/mol. The molecule has 6 heteroatoms. The molecule has 66 valence electrons. The third-order valence-corrected chi connectivity index (χ3v) is 1.18. The van der Waals surface area contributed by atoms with Crippen LogP contribution in [0.5, 0.6) is 0 Å². The quantitative estimate of drug-likeness (QED) is 0.631. The summed E-state index contributed by atoms with van der Waals surface area (Å²) in [6, 6.07) is 0. The van der Waals surface area contributed by atoms with Crippen LogP contribution in [0.15, 0.2) is 6.33 Å². The van der Waals surface area contributed by atoms with Gasteiger partial charge in [0.1, 0.15) is 6.33 Å². The Balaban J connectivity index is 2.71. The lowest BCUT2D eigenvalue weighted by atomic mass is 10.4. The van der Waals surface area contributed by atoms with Gasteiger partial charge in [-0.1, -0.05) is 0 Å². The maximum Gasteiger partial charge on any atom is 0.375 e. The van der Waals surface area contributed by atoms with E-state index in [2.05, 4.69) is 10.1 Å². The summed E-state index contributed by atoms with van der Waals surface area (Å²) in [5.74, 6) is -1.42. The summed E-state index contributed by atoms with van der Waals surface area (Å²) in [4.78, 5) is 13.8. The van der Waals surface area contributed by atoms with Crippen LogP contribution in [-0.2, 0) is 6.54 Å². The summed E-state index contributed by atoms with van der Waals surface area (Å²) in [5.41, 5.74) is 0. The number of carbonyl (C=O) groups is 1. The zero-order valence-electron chi connectivity index (χ0n) is 6.51. The first-order chi connectivity index (χ1) is 5.59. The second kappa shape index (κ2) is 3.31. The minimum atomic E-state index is -1.17. The van der Waals surface area contributed by atoms with Crippen LogP contribution in [0.4, 0.5) is 0 Å². The predicted octanol–water partition coefficient (Wildman–Crippen LogP) is -0.643. The van der Waals surface area contributed by atoms with Crippen molar-refractivity contribution in [2.45, 2.75) is 19.6 Å². The highest BCUT2D eigenvalue weighted by atomic mass is 16.4. The fraction of sp³-hybridized carbons (Fsp3) is 0.500. The molecule has 0 aliphatic rings. The van der Waals surface area contributed by atoms with E-state index >= 15 is 0 Å². The minimum absolute atomic E-state index is 0.250. The molecule has 0 aliphatic heterocycles. The summed E-state index contributed by atoms with van der Waals surface area (Å²) in [5, 5.41) is 20.9. The van der Waals surface area contributed by atoms with Crippen LogP contribution >= 0.6 is 0 Å². The van der Waals surface area contributed by atoms with E-state index < -0.39 is 12.1 Å². The number of hydrogen-bond acceptors (Lipinski definition) is 4. The Kier molecular flexibility index (Phi) is 2.39. The van der Waals surface area contributed by atoms with Crippen molar-refractivity contribution < 1.29 is 15.0 Å². The van der Waals surface area contributed by atoms with Crippen LogP contribution in [0.1, 0.15) is 17.5 Å². The number of aromatic carboxylic acids is 1. The molecule has 0 spiro atoms. The zero-order chi connectivity index (χ0) is 9.14. The standard InChI is InChI=1S/C6H9N3O3/c1-4(10)2-9-3-7-5(8-9)6(11)12/h3-4,10H,2H2,1H3,(H,11,12). The van der Waals surface area contributed by atoms with Crippen LogP contribution in [0, 0.1) is 0 Å². The number of carboxylic acids is 1. The van der Waals surface area contributed by atoms with Crippen molar-refractivity contribution in [1.82, 2.24) is 14.8 Å². The topological polar surface area (TPSA) is 88.2 Å². The smallest absolute Gasteiger partial charge is 0.375 e. The Bertz CT molecular complexity index is 281. The van der Waals surface area contributed by atoms with Gasteiger partial charge < -0.3 is 10.2 Å². The first-order valence-electron chi connectivity index (χ1n) is 3.40. The Morgan fingerprint density at radius 1 is 1.83 bits per heavy atom. The van der Waals surface area contributed by atoms with E-state index in [0.29, 0.717) is 0 Å². The van der Waals surface area contributed by atoms with Gasteiger partial charge in [0.15, 0.2) is 0 Å². The van der Waals surface area contributed by atoms with Crippen molar-refractivity contribution in [3.8, 4) is 0 Å². The molecule has 0 aromatic carbocycles. The van der Waals surface area contributed by atoms with Gasteiger partial charge in [-0.05, 0) is 6.92 Å². The number of aromatic nitrogens is 3. The molecule has 0 saturated carbocycles. The average Bonchev–Trinajstić information content (AvgIpc) is 2.34. The molecule has 1 unspecified atom stereocenters. The molecule has 0 bridgehead atoms. The number of rotatable bonds is 3. The van der Waals surface area contributed by atoms with Crippen LogP contribution in [0.2, 0.25) is 0 Å². The SMILES string of the molecule is CC(O)Cn1cnc(C(=O)O)n1. The molecule has 1 atom stereocenters. The first-order valence-corrected chi connectivity index (χ1v) is 3.40. The van der Waals surface area contributed by atoms with Crippen molar-refractivity contribution in [1.29, 1.82) is 0 Å². The van der Waals surface area contributed by atoms with Crippen LogP contribution in [0.25, 0.3) is 0 Å². The first kappa shape index (κ1) is 8.66. The maximum absolute atomic E-state index is 10.3. The molecular formula is C6H9N3O3. The zero-order valence-corrected chi connectivity index (χ0v) is 6.51. The molecule has 1 heterocycles. The van der Waals surface area contributed by atoms with Gasteiger partial charge in [0.2, 0.25) is 0 Å². The van der Waals surface area contributed by atoms with Crippen molar-refractivity contribution in [2.75, 3.05) is 0 Å². The molecule has 12 heavy (non-hydrogen) atoms. The molecule has 1 aromatic heterocycles. The van der Waals surface area contributed by atoms with Gasteiger partial charge in [0.05, 0.1) is 12.6 Å². The monoisotopic (exact) mass is 171 g/mol. The summed E-state index contributed by atoms with van der Waals surface area (Å²) in [6.45, 7) is 1.84. The lowest BCUT2D eigenvalue weighted by Crippen LogP contribution is -2.12. The lowest BCUT2D eigenvalue weighted by molar-refractivity contribution is 0.0682. The highest BCUT2D eigenvalue weighted by Gasteiger charge is 2.08. The number of hydrogen-bond donors (Lipinski definition) is 2. The highest BCUT2D eigenvalue weighted by molar-refractivity contribution is 5.82. The normalized spacial score (nSPS) is 12.8. The Morgan fingerprint density at radius 3 is 2.92 bits per heavy atom. The summed E-state index contributed by atoms with van der Waals surface area (Å²) in [7, 11) is 0. The van der Waals surface area contributed by atoms with E-state index in [0.717, 1.165) is 0 Å². The molecule has 0 saturated heterocycles. The summed E-state index contributed by atoms with van der Waals surface area (Å²) in [6.07, 6.45) is 0.712. The third-order valence-electron chi connectivity index (χ3n) is 1.18. The fourth-order valence-electron chi connectivity index (χ4n) is 0.751. The van der Waals surface area contributed by atoms with Gasteiger partial charge in [0.25, 0.3) is 5.82 Å². The van der Waals surface area contributed by atoms with Crippen LogP contribution in [-0.4, -0.2) is 37.1 Å². The Hall–Kier alpha value is -1.43. The van der Waals surface area contributed by atoms with Gasteiger partial charge in [-0.3, -0.25) is 0 Å². The van der Waals surface area contributed by atoms with E-state index in [1.165, 1.54) is 11.0 Å². The van der Waals surface area contributed by atoms with Gasteiger partial charge in [-0.15, -0.1) is 5.10 Å². The predicted molar refractivity (Wildman–Crippen MR) is 38.7 cm³/mol. The molecule has 0 radical (unpaired) electrons.